The summed E-state index contributed by atoms with van der Waals surface area (Å²) in [5, 5.41) is 12.8. The van der Waals surface area contributed by atoms with Crippen LogP contribution in [0.4, 0.5) is 11.4 Å². The third kappa shape index (κ3) is 5.09. The van der Waals surface area contributed by atoms with Gasteiger partial charge in [-0.2, -0.15) is 0 Å². The topological polar surface area (TPSA) is 86.7 Å². The van der Waals surface area contributed by atoms with Crippen molar-refractivity contribution in [1.82, 2.24) is 0 Å². The Morgan fingerprint density at radius 2 is 1.73 bits per heavy atom. The van der Waals surface area contributed by atoms with Gasteiger partial charge in [-0.25, -0.2) is 0 Å². The first-order valence-electron chi connectivity index (χ1n) is 12.3. The average Bonchev–Trinajstić information content (AvgIpc) is 3.02. The Bertz CT molecular complexity index is 1410. The van der Waals surface area contributed by atoms with Crippen LogP contribution in [0.1, 0.15) is 54.3 Å². The number of hydrogen-bond donors (Lipinski definition) is 2. The molecule has 1 amide bonds. The molecule has 188 valence electrons. The first kappa shape index (κ1) is 25.0. The van der Waals surface area contributed by atoms with E-state index in [0.29, 0.717) is 24.1 Å². The molecule has 0 bridgehead atoms. The van der Waals surface area contributed by atoms with Crippen LogP contribution in [-0.4, -0.2) is 22.8 Å². The molecule has 2 aliphatic rings. The zero-order valence-corrected chi connectivity index (χ0v) is 22.0. The van der Waals surface area contributed by atoms with Crippen LogP contribution < -0.4 is 10.2 Å². The molecule has 6 nitrogen and oxygen atoms in total. The highest BCUT2D eigenvalue weighted by Gasteiger charge is 2.41. The number of carboxylic acid groups (broad SMARTS) is 1. The fourth-order valence-electron chi connectivity index (χ4n) is 5.26. The van der Waals surface area contributed by atoms with Crippen molar-refractivity contribution < 1.29 is 19.5 Å². The fraction of sp³-hybridized carbons (Fsp3) is 0.233. The predicted octanol–water partition coefficient (Wildman–Crippen LogP) is 6.52. The Kier molecular flexibility index (Phi) is 6.98. The molecule has 3 aromatic carbocycles. The lowest BCUT2D eigenvalue weighted by Gasteiger charge is -2.35. The lowest BCUT2D eigenvalue weighted by molar-refractivity contribution is -0.138. The minimum Gasteiger partial charge on any atom is -0.481 e. The molecule has 0 saturated heterocycles. The average molecular weight is 559 g/mol. The summed E-state index contributed by atoms with van der Waals surface area (Å²) in [6.45, 7) is 1.99. The smallest absolute Gasteiger partial charge is 0.303 e. The standard InChI is InChI=1S/C30H27BrN2O4/c1-18-9-11-19(12-10-18)30-29-24(16-21(17-26(29)34)20-5-4-6-22(31)15-20)32-23-7-2-3-8-25(23)33(30)27(35)13-14-28(36)37/h2-12,15,21,30,32H,13-14,16-17H2,1H3,(H,36,37)/t21-,30-/m1/s1. The second-order valence-electron chi connectivity index (χ2n) is 9.59. The van der Waals surface area contributed by atoms with Crippen molar-refractivity contribution in [1.29, 1.82) is 0 Å². The predicted molar refractivity (Wildman–Crippen MR) is 146 cm³/mol. The van der Waals surface area contributed by atoms with Gasteiger partial charge in [0, 0.05) is 28.6 Å². The molecule has 0 unspecified atom stereocenters. The second-order valence-corrected chi connectivity index (χ2v) is 10.5. The Hall–Kier alpha value is -3.71. The van der Waals surface area contributed by atoms with E-state index in [9.17, 15) is 19.5 Å². The van der Waals surface area contributed by atoms with Crippen molar-refractivity contribution in [3.8, 4) is 0 Å². The van der Waals surface area contributed by atoms with Crippen LogP contribution in [0.15, 0.2) is 88.5 Å². The molecule has 3 aromatic rings. The van der Waals surface area contributed by atoms with Gasteiger partial charge in [-0.15, -0.1) is 0 Å². The van der Waals surface area contributed by atoms with Crippen LogP contribution in [0.25, 0.3) is 0 Å². The molecular formula is C30H27BrN2O4. The Balaban J connectivity index is 1.68. The van der Waals surface area contributed by atoms with E-state index >= 15 is 0 Å². The van der Waals surface area contributed by atoms with Crippen molar-refractivity contribution in [2.45, 2.75) is 44.6 Å². The molecule has 0 spiro atoms. The zero-order valence-electron chi connectivity index (χ0n) is 20.4. The highest BCUT2D eigenvalue weighted by atomic mass is 79.9. The number of anilines is 2. The number of carboxylic acids is 1. The van der Waals surface area contributed by atoms with E-state index in [1.54, 1.807) is 4.90 Å². The second kappa shape index (κ2) is 10.3. The summed E-state index contributed by atoms with van der Waals surface area (Å²) < 4.78 is 0.962. The number of para-hydroxylation sites is 2. The molecule has 1 aliphatic heterocycles. The molecular weight excluding hydrogens is 532 g/mol. The van der Waals surface area contributed by atoms with Crippen LogP contribution in [0.3, 0.4) is 0 Å². The quantitative estimate of drug-likeness (QED) is 0.372. The van der Waals surface area contributed by atoms with Crippen LogP contribution in [0.2, 0.25) is 0 Å². The number of nitrogens with zero attached hydrogens (tertiary/aromatic N) is 1. The third-order valence-corrected chi connectivity index (χ3v) is 7.52. The monoisotopic (exact) mass is 558 g/mol. The lowest BCUT2D eigenvalue weighted by atomic mass is 9.78. The number of aryl methyl sites for hydroxylation is 1. The SMILES string of the molecule is Cc1ccc([C@@H]2C3=C(C[C@@H](c4cccc(Br)c4)CC3=O)Nc3ccccc3N2C(=O)CCC(=O)O)cc1. The Morgan fingerprint density at radius 3 is 2.46 bits per heavy atom. The third-order valence-electron chi connectivity index (χ3n) is 7.02. The highest BCUT2D eigenvalue weighted by molar-refractivity contribution is 9.10. The number of carbonyl (C=O) groups excluding carboxylic acids is 2. The van der Waals surface area contributed by atoms with Gasteiger partial charge in [0.1, 0.15) is 0 Å². The molecule has 7 heteroatoms. The summed E-state index contributed by atoms with van der Waals surface area (Å²) in [5.41, 5.74) is 5.67. The summed E-state index contributed by atoms with van der Waals surface area (Å²) in [6, 6.07) is 22.7. The van der Waals surface area contributed by atoms with E-state index < -0.39 is 12.0 Å². The number of benzene rings is 3. The first-order chi connectivity index (χ1) is 17.8. The van der Waals surface area contributed by atoms with Gasteiger partial charge >= 0.3 is 5.97 Å². The van der Waals surface area contributed by atoms with Crippen molar-refractivity contribution in [3.63, 3.8) is 0 Å². The molecule has 1 aliphatic carbocycles. The maximum absolute atomic E-state index is 13.9. The maximum Gasteiger partial charge on any atom is 0.303 e. The van der Waals surface area contributed by atoms with Gasteiger partial charge in [-0.3, -0.25) is 19.3 Å². The Morgan fingerprint density at radius 1 is 0.973 bits per heavy atom. The number of nitrogens with one attached hydrogen (secondary N) is 1. The van der Waals surface area contributed by atoms with Crippen molar-refractivity contribution in [2.75, 3.05) is 10.2 Å². The minimum absolute atomic E-state index is 0.00339. The van der Waals surface area contributed by atoms with Crippen molar-refractivity contribution in [3.05, 3.63) is 105 Å². The number of fused-ring (bicyclic) bond motifs is 1. The molecule has 2 N–H and O–H groups in total. The van der Waals surface area contributed by atoms with Gasteiger partial charge in [0.05, 0.1) is 23.8 Å². The van der Waals surface area contributed by atoms with Crippen LogP contribution in [0, 0.1) is 6.92 Å². The number of carbonyl (C=O) groups is 3. The largest absolute Gasteiger partial charge is 0.481 e. The van der Waals surface area contributed by atoms with Crippen LogP contribution in [-0.2, 0) is 14.4 Å². The van der Waals surface area contributed by atoms with E-state index in [-0.39, 0.29) is 30.4 Å². The number of halogens is 1. The summed E-state index contributed by atoms with van der Waals surface area (Å²) in [6.07, 6.45) is 0.498. The van der Waals surface area contributed by atoms with E-state index in [1.165, 1.54) is 0 Å². The number of rotatable bonds is 5. The Labute approximate surface area is 224 Å². The van der Waals surface area contributed by atoms with E-state index in [4.69, 9.17) is 0 Å². The van der Waals surface area contributed by atoms with Gasteiger partial charge < -0.3 is 10.4 Å². The lowest BCUT2D eigenvalue weighted by Crippen LogP contribution is -2.38. The molecule has 0 fully saturated rings. The fourth-order valence-corrected chi connectivity index (χ4v) is 5.68. The molecule has 37 heavy (non-hydrogen) atoms. The number of ketones is 1. The molecule has 0 radical (unpaired) electrons. The molecule has 0 aromatic heterocycles. The highest BCUT2D eigenvalue weighted by Crippen LogP contribution is 2.47. The van der Waals surface area contributed by atoms with E-state index in [1.807, 2.05) is 79.7 Å². The molecule has 1 heterocycles. The molecule has 5 rings (SSSR count). The number of allylic oxidation sites excluding steroid dienone is 1. The minimum atomic E-state index is -1.04. The molecule has 2 atom stereocenters. The van der Waals surface area contributed by atoms with E-state index in [0.717, 1.165) is 32.5 Å². The maximum atomic E-state index is 13.9. The van der Waals surface area contributed by atoms with Crippen molar-refractivity contribution >= 4 is 45.0 Å². The van der Waals surface area contributed by atoms with Crippen LogP contribution in [0.5, 0.6) is 0 Å². The van der Waals surface area contributed by atoms with Gasteiger partial charge in [0.2, 0.25) is 5.91 Å². The van der Waals surface area contributed by atoms with Crippen molar-refractivity contribution in [2.24, 2.45) is 0 Å². The van der Waals surface area contributed by atoms with Gasteiger partial charge in [0.25, 0.3) is 0 Å². The number of amides is 1. The van der Waals surface area contributed by atoms with Gasteiger partial charge in [-0.05, 0) is 54.7 Å². The van der Waals surface area contributed by atoms with Gasteiger partial charge in [-0.1, -0.05) is 70.0 Å². The van der Waals surface area contributed by atoms with E-state index in [2.05, 4.69) is 21.2 Å². The number of hydrogen-bond acceptors (Lipinski definition) is 4. The normalized spacial score (nSPS) is 19.0. The van der Waals surface area contributed by atoms with Crippen LogP contribution >= 0.6 is 15.9 Å². The summed E-state index contributed by atoms with van der Waals surface area (Å²) in [7, 11) is 0. The molecule has 0 saturated carbocycles. The zero-order chi connectivity index (χ0) is 26.1. The first-order valence-corrected chi connectivity index (χ1v) is 13.1. The van der Waals surface area contributed by atoms with Gasteiger partial charge in [0.15, 0.2) is 5.78 Å². The summed E-state index contributed by atoms with van der Waals surface area (Å²) in [4.78, 5) is 40.5. The summed E-state index contributed by atoms with van der Waals surface area (Å²) >= 11 is 3.54. The number of aliphatic carboxylic acids is 1. The summed E-state index contributed by atoms with van der Waals surface area (Å²) in [5.74, 6) is -1.39. The number of Topliss-reactive ketones (excluding diaryl/α,β-unsaturated/α-hetero) is 1.